The molecule has 0 fully saturated rings. The largest absolute Gasteiger partial charge is 0.195 e. The Bertz CT molecular complexity index is 294. The van der Waals surface area contributed by atoms with E-state index in [-0.39, 0.29) is 0 Å². The molecule has 2 heteroatoms. The van der Waals surface area contributed by atoms with Crippen LogP contribution in [0.2, 0.25) is 0 Å². The summed E-state index contributed by atoms with van der Waals surface area (Å²) in [5, 5.41) is 2.34. The van der Waals surface area contributed by atoms with Gasteiger partial charge in [-0.25, -0.2) is 0 Å². The van der Waals surface area contributed by atoms with E-state index in [0.29, 0.717) is 5.92 Å². The molecule has 62 valence electrons. The second-order valence-corrected chi connectivity index (χ2v) is 3.13. The first-order valence-corrected chi connectivity index (χ1v) is 4.32. The van der Waals surface area contributed by atoms with E-state index in [2.05, 4.69) is 48.4 Å². The van der Waals surface area contributed by atoms with Crippen LogP contribution in [0.3, 0.4) is 0 Å². The molecular weight excluding hydrogens is 166 g/mol. The third-order valence-corrected chi connectivity index (χ3v) is 1.83. The fourth-order valence-electron chi connectivity index (χ4n) is 0.986. The highest BCUT2D eigenvalue weighted by Crippen LogP contribution is 2.18. The van der Waals surface area contributed by atoms with E-state index in [1.54, 1.807) is 0 Å². The van der Waals surface area contributed by atoms with Gasteiger partial charge in [-0.1, -0.05) is 26.0 Å². The van der Waals surface area contributed by atoms with E-state index >= 15 is 0 Å². The maximum Gasteiger partial charge on any atom is 0.0739 e. The number of rotatable bonds is 2. The summed E-state index contributed by atoms with van der Waals surface area (Å²) < 4.78 is 0. The molecule has 0 spiro atoms. The molecule has 0 saturated heterocycles. The number of isothiocyanates is 1. The maximum atomic E-state index is 4.50. The van der Waals surface area contributed by atoms with Crippen molar-refractivity contribution in [3.8, 4) is 0 Å². The second-order valence-electron chi connectivity index (χ2n) is 2.95. The van der Waals surface area contributed by atoms with Gasteiger partial charge in [0.1, 0.15) is 0 Å². The van der Waals surface area contributed by atoms with Crippen molar-refractivity contribution in [3.05, 3.63) is 29.8 Å². The molecule has 0 bridgehead atoms. The van der Waals surface area contributed by atoms with Crippen molar-refractivity contribution < 1.29 is 0 Å². The monoisotopic (exact) mass is 177 g/mol. The summed E-state index contributed by atoms with van der Waals surface area (Å²) >= 11 is 4.50. The number of hydrogen-bond acceptors (Lipinski definition) is 2. The van der Waals surface area contributed by atoms with E-state index in [0.717, 1.165) is 5.69 Å². The Balaban J connectivity index is 2.92. The first kappa shape index (κ1) is 9.11. The van der Waals surface area contributed by atoms with Crippen LogP contribution in [0, 0.1) is 0 Å². The van der Waals surface area contributed by atoms with Crippen molar-refractivity contribution in [2.24, 2.45) is 4.99 Å². The van der Waals surface area contributed by atoms with E-state index in [4.69, 9.17) is 0 Å². The SMILES string of the molecule is CC(C)c1ccc(N=C=S)cc1. The van der Waals surface area contributed by atoms with E-state index in [1.807, 2.05) is 12.1 Å². The summed E-state index contributed by atoms with van der Waals surface area (Å²) in [6, 6.07) is 8.04. The molecule has 0 aliphatic carbocycles. The van der Waals surface area contributed by atoms with Gasteiger partial charge in [-0.2, -0.15) is 4.99 Å². The van der Waals surface area contributed by atoms with Crippen molar-refractivity contribution in [2.45, 2.75) is 19.8 Å². The molecule has 12 heavy (non-hydrogen) atoms. The molecule has 1 nitrogen and oxygen atoms in total. The average molecular weight is 177 g/mol. The van der Waals surface area contributed by atoms with Gasteiger partial charge in [0.25, 0.3) is 0 Å². The third kappa shape index (κ3) is 2.26. The molecule has 1 aromatic carbocycles. The average Bonchev–Trinajstić information content (AvgIpc) is 2.06. The van der Waals surface area contributed by atoms with Crippen molar-refractivity contribution in [1.82, 2.24) is 0 Å². The minimum absolute atomic E-state index is 0.565. The van der Waals surface area contributed by atoms with Crippen LogP contribution in [0.15, 0.2) is 29.3 Å². The Morgan fingerprint density at radius 2 is 1.83 bits per heavy atom. The molecule has 0 saturated carbocycles. The zero-order chi connectivity index (χ0) is 8.97. The molecule has 0 radical (unpaired) electrons. The lowest BCUT2D eigenvalue weighted by Gasteiger charge is -2.03. The maximum absolute atomic E-state index is 4.50. The first-order chi connectivity index (χ1) is 5.74. The highest BCUT2D eigenvalue weighted by Gasteiger charge is 1.96. The molecule has 0 unspecified atom stereocenters. The Labute approximate surface area is 78.1 Å². The van der Waals surface area contributed by atoms with E-state index in [9.17, 15) is 0 Å². The Morgan fingerprint density at radius 3 is 2.25 bits per heavy atom. The predicted molar refractivity (Wildman–Crippen MR) is 55.2 cm³/mol. The summed E-state index contributed by atoms with van der Waals surface area (Å²) in [7, 11) is 0. The molecule has 0 aliphatic heterocycles. The molecule has 1 aromatic rings. The van der Waals surface area contributed by atoms with Crippen molar-refractivity contribution >= 4 is 23.1 Å². The molecule has 0 amide bonds. The lowest BCUT2D eigenvalue weighted by atomic mass is 10.0. The minimum atomic E-state index is 0.565. The van der Waals surface area contributed by atoms with Crippen LogP contribution >= 0.6 is 12.2 Å². The minimum Gasteiger partial charge on any atom is -0.195 e. The van der Waals surface area contributed by atoms with Gasteiger partial charge in [0.05, 0.1) is 10.8 Å². The van der Waals surface area contributed by atoms with Crippen molar-refractivity contribution in [2.75, 3.05) is 0 Å². The number of aliphatic imine (C=N–C) groups is 1. The third-order valence-electron chi connectivity index (χ3n) is 1.73. The van der Waals surface area contributed by atoms with Crippen LogP contribution in [-0.2, 0) is 0 Å². The first-order valence-electron chi connectivity index (χ1n) is 3.92. The standard InChI is InChI=1S/C10H11NS/c1-8(2)9-3-5-10(6-4-9)11-7-12/h3-6,8H,1-2H3. The van der Waals surface area contributed by atoms with Crippen LogP contribution in [-0.4, -0.2) is 5.16 Å². The van der Waals surface area contributed by atoms with Gasteiger partial charge in [-0.15, -0.1) is 0 Å². The Kier molecular flexibility index (Phi) is 3.15. The van der Waals surface area contributed by atoms with Gasteiger partial charge in [0, 0.05) is 0 Å². The molecule has 0 aliphatic rings. The normalized spacial score (nSPS) is 9.58. The van der Waals surface area contributed by atoms with E-state index < -0.39 is 0 Å². The van der Waals surface area contributed by atoms with Crippen LogP contribution in [0.1, 0.15) is 25.3 Å². The number of nitrogens with zero attached hydrogens (tertiary/aromatic N) is 1. The highest BCUT2D eigenvalue weighted by atomic mass is 32.1. The number of benzene rings is 1. The number of hydrogen-bond donors (Lipinski definition) is 0. The molecule has 1 rings (SSSR count). The smallest absolute Gasteiger partial charge is 0.0739 e. The fourth-order valence-corrected chi connectivity index (χ4v) is 1.09. The molecule has 0 aromatic heterocycles. The van der Waals surface area contributed by atoms with Crippen molar-refractivity contribution in [1.29, 1.82) is 0 Å². The van der Waals surface area contributed by atoms with Gasteiger partial charge in [0.15, 0.2) is 0 Å². The van der Waals surface area contributed by atoms with Crippen LogP contribution in [0.5, 0.6) is 0 Å². The molecule has 0 atom stereocenters. The molecule has 0 heterocycles. The topological polar surface area (TPSA) is 12.4 Å². The second kappa shape index (κ2) is 4.15. The summed E-state index contributed by atoms with van der Waals surface area (Å²) in [5.74, 6) is 0.565. The lowest BCUT2D eigenvalue weighted by molar-refractivity contribution is 0.867. The Hall–Kier alpha value is -0.980. The lowest BCUT2D eigenvalue weighted by Crippen LogP contribution is -1.84. The number of thiocarbonyl (C=S) groups is 1. The zero-order valence-corrected chi connectivity index (χ0v) is 8.06. The molecular formula is C10H11NS. The Morgan fingerprint density at radius 1 is 1.25 bits per heavy atom. The summed E-state index contributed by atoms with van der Waals surface area (Å²) in [4.78, 5) is 3.87. The summed E-state index contributed by atoms with van der Waals surface area (Å²) in [5.41, 5.74) is 2.19. The zero-order valence-electron chi connectivity index (χ0n) is 7.24. The van der Waals surface area contributed by atoms with Gasteiger partial charge in [0.2, 0.25) is 0 Å². The summed E-state index contributed by atoms with van der Waals surface area (Å²) in [6.45, 7) is 4.33. The van der Waals surface area contributed by atoms with Gasteiger partial charge in [-0.05, 0) is 35.8 Å². The van der Waals surface area contributed by atoms with Crippen LogP contribution in [0.25, 0.3) is 0 Å². The quantitative estimate of drug-likeness (QED) is 0.497. The van der Waals surface area contributed by atoms with Gasteiger partial charge in [-0.3, -0.25) is 0 Å². The predicted octanol–water partition coefficient (Wildman–Crippen LogP) is 3.54. The van der Waals surface area contributed by atoms with Crippen molar-refractivity contribution in [3.63, 3.8) is 0 Å². The fraction of sp³-hybridized carbons (Fsp3) is 0.300. The van der Waals surface area contributed by atoms with Gasteiger partial charge >= 0.3 is 0 Å². The van der Waals surface area contributed by atoms with Crippen LogP contribution in [0.4, 0.5) is 5.69 Å². The summed E-state index contributed by atoms with van der Waals surface area (Å²) in [6.07, 6.45) is 0. The molecule has 0 N–H and O–H groups in total. The highest BCUT2D eigenvalue weighted by molar-refractivity contribution is 7.78. The van der Waals surface area contributed by atoms with E-state index in [1.165, 1.54) is 5.56 Å². The van der Waals surface area contributed by atoms with Crippen LogP contribution < -0.4 is 0 Å². The van der Waals surface area contributed by atoms with Gasteiger partial charge < -0.3 is 0 Å².